The molecule has 1 aromatic rings. The summed E-state index contributed by atoms with van der Waals surface area (Å²) in [7, 11) is 1.95. The molecule has 0 spiro atoms. The van der Waals surface area contributed by atoms with Crippen molar-refractivity contribution in [3.8, 4) is 0 Å². The largest absolute Gasteiger partial charge is 0.319 e. The molecule has 0 aliphatic carbocycles. The van der Waals surface area contributed by atoms with Gasteiger partial charge in [0.05, 0.1) is 0 Å². The van der Waals surface area contributed by atoms with Gasteiger partial charge < -0.3 is 5.32 Å². The highest BCUT2D eigenvalue weighted by atomic mass is 35.5. The maximum Gasteiger partial charge on any atom is 0.0441 e. The molecular formula is C12H16ClN. The summed E-state index contributed by atoms with van der Waals surface area (Å²) in [6.45, 7) is 3.02. The van der Waals surface area contributed by atoms with E-state index in [4.69, 9.17) is 11.6 Å². The van der Waals surface area contributed by atoms with Gasteiger partial charge in [-0.25, -0.2) is 0 Å². The van der Waals surface area contributed by atoms with E-state index in [1.54, 1.807) is 0 Å². The number of aryl methyl sites for hydroxylation is 1. The molecule has 0 fully saturated rings. The van der Waals surface area contributed by atoms with Gasteiger partial charge >= 0.3 is 0 Å². The van der Waals surface area contributed by atoms with E-state index in [0.29, 0.717) is 0 Å². The summed E-state index contributed by atoms with van der Waals surface area (Å²) >= 11 is 6.01. The molecule has 2 heteroatoms. The average molecular weight is 210 g/mol. The smallest absolute Gasteiger partial charge is 0.0441 e. The van der Waals surface area contributed by atoms with E-state index in [1.807, 2.05) is 26.1 Å². The van der Waals surface area contributed by atoms with E-state index in [2.05, 4.69) is 23.5 Å². The summed E-state index contributed by atoms with van der Waals surface area (Å²) in [5, 5.41) is 3.93. The van der Waals surface area contributed by atoms with Crippen molar-refractivity contribution in [3.63, 3.8) is 0 Å². The molecule has 0 saturated heterocycles. The molecule has 0 aliphatic rings. The Morgan fingerprint density at radius 2 is 2.21 bits per heavy atom. The van der Waals surface area contributed by atoms with Crippen molar-refractivity contribution in [1.82, 2.24) is 5.32 Å². The minimum absolute atomic E-state index is 0.834. The van der Waals surface area contributed by atoms with Gasteiger partial charge in [-0.15, -0.1) is 0 Å². The fourth-order valence-electron chi connectivity index (χ4n) is 1.16. The van der Waals surface area contributed by atoms with Gasteiger partial charge in [-0.2, -0.15) is 0 Å². The van der Waals surface area contributed by atoms with E-state index < -0.39 is 0 Å². The lowest BCUT2D eigenvalue weighted by Crippen LogP contribution is -2.05. The minimum Gasteiger partial charge on any atom is -0.319 e. The Kier molecular flexibility index (Phi) is 4.71. The Bertz CT molecular complexity index is 318. The molecular weight excluding hydrogens is 194 g/mol. The fourth-order valence-corrected chi connectivity index (χ4v) is 1.35. The molecule has 14 heavy (non-hydrogen) atoms. The Balaban J connectivity index is 2.59. The monoisotopic (exact) mass is 209 g/mol. The first-order valence-electron chi connectivity index (χ1n) is 4.81. The second kappa shape index (κ2) is 5.84. The molecule has 0 unspecified atom stereocenters. The van der Waals surface area contributed by atoms with Crippen molar-refractivity contribution in [1.29, 1.82) is 0 Å². The van der Waals surface area contributed by atoms with Crippen LogP contribution in [0.25, 0.3) is 6.08 Å². The predicted octanol–water partition coefficient (Wildman–Crippen LogP) is 3.27. The molecule has 0 heterocycles. The van der Waals surface area contributed by atoms with Gasteiger partial charge in [0.25, 0.3) is 0 Å². The molecule has 0 atom stereocenters. The number of hydrogen-bond acceptors (Lipinski definition) is 1. The van der Waals surface area contributed by atoms with Crippen molar-refractivity contribution >= 4 is 17.7 Å². The van der Waals surface area contributed by atoms with Crippen molar-refractivity contribution < 1.29 is 0 Å². The zero-order valence-electron chi connectivity index (χ0n) is 8.68. The van der Waals surface area contributed by atoms with Crippen LogP contribution in [0.5, 0.6) is 0 Å². The molecule has 1 aromatic carbocycles. The van der Waals surface area contributed by atoms with Gasteiger partial charge in [0.2, 0.25) is 0 Å². The van der Waals surface area contributed by atoms with E-state index >= 15 is 0 Å². The number of halogens is 1. The van der Waals surface area contributed by atoms with Crippen LogP contribution in [-0.4, -0.2) is 13.6 Å². The van der Waals surface area contributed by atoms with Gasteiger partial charge in [0.15, 0.2) is 0 Å². The number of nitrogens with one attached hydrogen (secondary N) is 1. The van der Waals surface area contributed by atoms with Crippen molar-refractivity contribution in [2.75, 3.05) is 13.6 Å². The normalized spacial score (nSPS) is 11.1. The van der Waals surface area contributed by atoms with E-state index in [9.17, 15) is 0 Å². The van der Waals surface area contributed by atoms with Gasteiger partial charge in [-0.1, -0.05) is 35.9 Å². The van der Waals surface area contributed by atoms with Gasteiger partial charge in [-0.3, -0.25) is 0 Å². The van der Waals surface area contributed by atoms with Gasteiger partial charge in [-0.05, 0) is 44.1 Å². The predicted molar refractivity (Wildman–Crippen MR) is 63.8 cm³/mol. The standard InChI is InChI=1S/C12H16ClN/c1-10-6-7-11(9-12(10)13)5-3-4-8-14-2/h3,5-7,9,14H,4,8H2,1-2H3/b5-3+. The van der Waals surface area contributed by atoms with Crippen molar-refractivity contribution in [2.24, 2.45) is 0 Å². The van der Waals surface area contributed by atoms with Crippen LogP contribution in [-0.2, 0) is 0 Å². The van der Waals surface area contributed by atoms with Crippen LogP contribution >= 0.6 is 11.6 Å². The highest BCUT2D eigenvalue weighted by Crippen LogP contribution is 2.17. The molecule has 1 rings (SSSR count). The lowest BCUT2D eigenvalue weighted by molar-refractivity contribution is 0.809. The molecule has 0 bridgehead atoms. The van der Waals surface area contributed by atoms with Crippen LogP contribution in [0.4, 0.5) is 0 Å². The van der Waals surface area contributed by atoms with E-state index in [-0.39, 0.29) is 0 Å². The maximum atomic E-state index is 6.01. The van der Waals surface area contributed by atoms with Gasteiger partial charge in [0, 0.05) is 5.02 Å². The lowest BCUT2D eigenvalue weighted by atomic mass is 10.1. The second-order valence-corrected chi connectivity index (χ2v) is 3.71. The Morgan fingerprint density at radius 3 is 2.86 bits per heavy atom. The summed E-state index contributed by atoms with van der Waals surface area (Å²) in [4.78, 5) is 0. The summed E-state index contributed by atoms with van der Waals surface area (Å²) in [6, 6.07) is 6.12. The van der Waals surface area contributed by atoms with Crippen LogP contribution in [0.1, 0.15) is 17.5 Å². The van der Waals surface area contributed by atoms with Crippen LogP contribution < -0.4 is 5.32 Å². The minimum atomic E-state index is 0.834. The third-order valence-corrected chi connectivity index (χ3v) is 2.47. The van der Waals surface area contributed by atoms with Crippen LogP contribution in [0.3, 0.4) is 0 Å². The topological polar surface area (TPSA) is 12.0 Å². The summed E-state index contributed by atoms with van der Waals surface area (Å²) in [5.74, 6) is 0. The number of hydrogen-bond donors (Lipinski definition) is 1. The third-order valence-electron chi connectivity index (χ3n) is 2.07. The molecule has 0 aromatic heterocycles. The highest BCUT2D eigenvalue weighted by molar-refractivity contribution is 6.31. The summed E-state index contributed by atoms with van der Waals surface area (Å²) < 4.78 is 0. The van der Waals surface area contributed by atoms with Crippen LogP contribution in [0, 0.1) is 6.92 Å². The van der Waals surface area contributed by atoms with E-state index in [1.165, 1.54) is 0 Å². The molecule has 1 nitrogen and oxygen atoms in total. The first-order chi connectivity index (χ1) is 6.74. The van der Waals surface area contributed by atoms with Crippen molar-refractivity contribution in [3.05, 3.63) is 40.4 Å². The maximum absolute atomic E-state index is 6.01. The van der Waals surface area contributed by atoms with Gasteiger partial charge in [0.1, 0.15) is 0 Å². The first kappa shape index (κ1) is 11.3. The Hall–Kier alpha value is -0.790. The molecule has 1 N–H and O–H groups in total. The lowest BCUT2D eigenvalue weighted by Gasteiger charge is -1.99. The Labute approximate surface area is 90.8 Å². The van der Waals surface area contributed by atoms with Crippen LogP contribution in [0.2, 0.25) is 5.02 Å². The molecule has 0 aliphatic heterocycles. The molecule has 0 saturated carbocycles. The molecule has 0 radical (unpaired) electrons. The zero-order valence-corrected chi connectivity index (χ0v) is 9.43. The summed E-state index contributed by atoms with van der Waals surface area (Å²) in [5.41, 5.74) is 2.29. The highest BCUT2D eigenvalue weighted by Gasteiger charge is 1.93. The first-order valence-corrected chi connectivity index (χ1v) is 5.19. The summed E-state index contributed by atoms with van der Waals surface area (Å²) in [6.07, 6.45) is 5.29. The van der Waals surface area contributed by atoms with Crippen molar-refractivity contribution in [2.45, 2.75) is 13.3 Å². The van der Waals surface area contributed by atoms with Crippen LogP contribution in [0.15, 0.2) is 24.3 Å². The quantitative estimate of drug-likeness (QED) is 0.751. The number of rotatable bonds is 4. The zero-order chi connectivity index (χ0) is 10.4. The Morgan fingerprint density at radius 1 is 1.43 bits per heavy atom. The second-order valence-electron chi connectivity index (χ2n) is 3.30. The number of benzene rings is 1. The molecule has 0 amide bonds. The SMILES string of the molecule is CNCC/C=C/c1ccc(C)c(Cl)c1. The van der Waals surface area contributed by atoms with E-state index in [0.717, 1.165) is 29.1 Å². The molecule has 76 valence electrons. The fraction of sp³-hybridized carbons (Fsp3) is 0.333. The third kappa shape index (κ3) is 3.52. The average Bonchev–Trinajstić information content (AvgIpc) is 2.18.